The molecule has 1 aromatic carbocycles. The fraction of sp³-hybridized carbons (Fsp3) is 0.429. The van der Waals surface area contributed by atoms with E-state index >= 15 is 0 Å². The number of phenolic OH excluding ortho intramolecular Hbond substituents is 1. The molecule has 1 aromatic rings. The molecule has 18 heavy (non-hydrogen) atoms. The summed E-state index contributed by atoms with van der Waals surface area (Å²) in [5.41, 5.74) is 3.30. The van der Waals surface area contributed by atoms with Crippen LogP contribution in [0.5, 0.6) is 5.75 Å². The van der Waals surface area contributed by atoms with Gasteiger partial charge in [0.2, 0.25) is 6.41 Å². The number of carbonyl (C=O) groups is 1. The molecule has 4 heteroatoms. The molecule has 0 unspecified atom stereocenters. The Bertz CT molecular complexity index is 483. The second-order valence-corrected chi connectivity index (χ2v) is 4.61. The van der Waals surface area contributed by atoms with Gasteiger partial charge in [-0.2, -0.15) is 0 Å². The Hall–Kier alpha value is -1.84. The van der Waals surface area contributed by atoms with Gasteiger partial charge in [0.05, 0.1) is 0 Å². The number of phenols is 1. The zero-order valence-electron chi connectivity index (χ0n) is 10.6. The van der Waals surface area contributed by atoms with Gasteiger partial charge in [0.25, 0.3) is 0 Å². The first-order valence-corrected chi connectivity index (χ1v) is 6.27. The van der Waals surface area contributed by atoms with Gasteiger partial charge in [-0.05, 0) is 42.5 Å². The van der Waals surface area contributed by atoms with Crippen LogP contribution in [0.3, 0.4) is 0 Å². The zero-order valence-corrected chi connectivity index (χ0v) is 10.6. The summed E-state index contributed by atoms with van der Waals surface area (Å²) < 4.78 is 0. The lowest BCUT2D eigenvalue weighted by atomic mass is 9.96. The molecule has 1 aliphatic heterocycles. The number of amides is 1. The summed E-state index contributed by atoms with van der Waals surface area (Å²) in [6.07, 6.45) is 3.03. The number of hydrogen-bond acceptors (Lipinski definition) is 3. The van der Waals surface area contributed by atoms with Gasteiger partial charge < -0.3 is 15.4 Å². The maximum atomic E-state index is 10.8. The van der Waals surface area contributed by atoms with Crippen LogP contribution in [-0.4, -0.2) is 35.2 Å². The quantitative estimate of drug-likeness (QED) is 0.630. The lowest BCUT2D eigenvalue weighted by molar-refractivity contribution is -0.118. The molecule has 0 aromatic heterocycles. The lowest BCUT2D eigenvalue weighted by Crippen LogP contribution is -2.24. The van der Waals surface area contributed by atoms with Crippen LogP contribution >= 0.6 is 0 Å². The molecule has 1 aliphatic rings. The summed E-state index contributed by atoms with van der Waals surface area (Å²) in [5.74, 6) is 0.181. The minimum atomic E-state index is 0.181. The van der Waals surface area contributed by atoms with Gasteiger partial charge in [0.15, 0.2) is 0 Å². The van der Waals surface area contributed by atoms with E-state index in [9.17, 15) is 9.90 Å². The van der Waals surface area contributed by atoms with Crippen LogP contribution in [-0.2, 0) is 17.6 Å². The fourth-order valence-corrected chi connectivity index (χ4v) is 2.32. The van der Waals surface area contributed by atoms with E-state index in [2.05, 4.69) is 0 Å². The first-order valence-electron chi connectivity index (χ1n) is 6.27. The number of carbonyl (C=O) groups excluding carboxylic acids is 1. The summed E-state index contributed by atoms with van der Waals surface area (Å²) in [4.78, 5) is 12.5. The third kappa shape index (κ3) is 2.37. The predicted molar refractivity (Wildman–Crippen MR) is 70.3 cm³/mol. The van der Waals surface area contributed by atoms with Gasteiger partial charge in [-0.3, -0.25) is 4.79 Å². The van der Waals surface area contributed by atoms with Crippen LogP contribution in [0.4, 0.5) is 0 Å². The van der Waals surface area contributed by atoms with E-state index in [0.29, 0.717) is 30.8 Å². The maximum absolute atomic E-state index is 10.8. The maximum Gasteiger partial charge on any atom is 0.209 e. The lowest BCUT2D eigenvalue weighted by Gasteiger charge is -2.12. The van der Waals surface area contributed by atoms with Crippen LogP contribution < -0.4 is 0 Å². The van der Waals surface area contributed by atoms with E-state index in [0.717, 1.165) is 30.4 Å². The Labute approximate surface area is 107 Å². The van der Waals surface area contributed by atoms with Crippen molar-refractivity contribution in [2.24, 2.45) is 0 Å². The van der Waals surface area contributed by atoms with Crippen molar-refractivity contribution in [3.63, 3.8) is 0 Å². The van der Waals surface area contributed by atoms with E-state index in [1.165, 1.54) is 0 Å². The van der Waals surface area contributed by atoms with Gasteiger partial charge in [0.1, 0.15) is 5.75 Å². The van der Waals surface area contributed by atoms with Crippen LogP contribution in [0.15, 0.2) is 12.1 Å². The molecular formula is C14H18N2O2. The van der Waals surface area contributed by atoms with Crippen molar-refractivity contribution >= 4 is 12.1 Å². The van der Waals surface area contributed by atoms with Crippen molar-refractivity contribution in [1.29, 1.82) is 5.41 Å². The van der Waals surface area contributed by atoms with Crippen molar-refractivity contribution in [3.8, 4) is 5.75 Å². The first kappa shape index (κ1) is 12.6. The molecule has 0 radical (unpaired) electrons. The zero-order chi connectivity index (χ0) is 13.1. The highest BCUT2D eigenvalue weighted by Gasteiger charge is 2.16. The molecular weight excluding hydrogens is 228 g/mol. The van der Waals surface area contributed by atoms with Crippen molar-refractivity contribution in [2.45, 2.75) is 26.2 Å². The van der Waals surface area contributed by atoms with E-state index in [4.69, 9.17) is 5.41 Å². The topological polar surface area (TPSA) is 64.4 Å². The molecule has 1 amide bonds. The normalized spacial score (nSPS) is 14.8. The first-order chi connectivity index (χ1) is 8.65. The molecule has 0 aliphatic carbocycles. The number of aromatic hydroxyl groups is 1. The van der Waals surface area contributed by atoms with Gasteiger partial charge in [-0.15, -0.1) is 0 Å². The number of nitrogens with one attached hydrogen (secondary N) is 1. The molecule has 0 saturated heterocycles. The van der Waals surface area contributed by atoms with Crippen LogP contribution in [0, 0.1) is 5.41 Å². The summed E-state index contributed by atoms with van der Waals surface area (Å²) >= 11 is 0. The highest BCUT2D eigenvalue weighted by Crippen LogP contribution is 2.26. The largest absolute Gasteiger partial charge is 0.507 e. The van der Waals surface area contributed by atoms with Crippen LogP contribution in [0.1, 0.15) is 30.0 Å². The highest BCUT2D eigenvalue weighted by atomic mass is 16.3. The molecule has 2 N–H and O–H groups in total. The molecule has 0 bridgehead atoms. The Morgan fingerprint density at radius 1 is 1.39 bits per heavy atom. The molecule has 0 atom stereocenters. The van der Waals surface area contributed by atoms with Gasteiger partial charge >= 0.3 is 0 Å². The van der Waals surface area contributed by atoms with Crippen molar-refractivity contribution in [2.75, 3.05) is 13.1 Å². The third-order valence-electron chi connectivity index (χ3n) is 3.48. The highest BCUT2D eigenvalue weighted by molar-refractivity contribution is 6.00. The molecule has 0 spiro atoms. The smallest absolute Gasteiger partial charge is 0.209 e. The van der Waals surface area contributed by atoms with Gasteiger partial charge in [-0.25, -0.2) is 0 Å². The van der Waals surface area contributed by atoms with E-state index in [1.807, 2.05) is 13.0 Å². The van der Waals surface area contributed by atoms with Crippen molar-refractivity contribution in [3.05, 3.63) is 28.8 Å². The second kappa shape index (κ2) is 5.21. The number of rotatable bonds is 3. The average Bonchev–Trinajstić information content (AvgIpc) is 2.58. The molecule has 1 heterocycles. The number of benzene rings is 1. The van der Waals surface area contributed by atoms with E-state index < -0.39 is 0 Å². The molecule has 96 valence electrons. The summed E-state index contributed by atoms with van der Waals surface area (Å²) in [7, 11) is 0. The Kier molecular flexibility index (Phi) is 3.65. The Morgan fingerprint density at radius 3 is 2.56 bits per heavy atom. The Morgan fingerprint density at radius 2 is 2.00 bits per heavy atom. The van der Waals surface area contributed by atoms with Gasteiger partial charge in [-0.1, -0.05) is 6.92 Å². The fourth-order valence-electron chi connectivity index (χ4n) is 2.32. The van der Waals surface area contributed by atoms with Gasteiger partial charge in [0, 0.05) is 24.4 Å². The number of hydrogen-bond donors (Lipinski definition) is 2. The van der Waals surface area contributed by atoms with E-state index in [-0.39, 0.29) is 5.75 Å². The second-order valence-electron chi connectivity index (χ2n) is 4.61. The van der Waals surface area contributed by atoms with Crippen LogP contribution in [0.2, 0.25) is 0 Å². The third-order valence-corrected chi connectivity index (χ3v) is 3.48. The summed E-state index contributed by atoms with van der Waals surface area (Å²) in [6.45, 7) is 3.31. The van der Waals surface area contributed by atoms with E-state index in [1.54, 1.807) is 11.0 Å². The Balaban J connectivity index is 2.35. The average molecular weight is 246 g/mol. The molecule has 0 saturated carbocycles. The summed E-state index contributed by atoms with van der Waals surface area (Å²) in [5, 5.41) is 17.8. The van der Waals surface area contributed by atoms with Crippen LogP contribution in [0.25, 0.3) is 0 Å². The SMILES string of the molecule is CCC(=N)c1cc2c(cc1O)CCN(C=O)CC2. The molecule has 2 rings (SSSR count). The monoisotopic (exact) mass is 246 g/mol. The number of nitrogens with zero attached hydrogens (tertiary/aromatic N) is 1. The predicted octanol–water partition coefficient (Wildman–Crippen LogP) is 1.73. The summed E-state index contributed by atoms with van der Waals surface area (Å²) in [6, 6.07) is 3.66. The van der Waals surface area contributed by atoms with Crippen molar-refractivity contribution in [1.82, 2.24) is 4.90 Å². The van der Waals surface area contributed by atoms with Crippen molar-refractivity contribution < 1.29 is 9.90 Å². The minimum absolute atomic E-state index is 0.181. The molecule has 0 fully saturated rings. The number of fused-ring (bicyclic) bond motifs is 1. The standard InChI is InChI=1S/C14H18N2O2/c1-2-13(15)12-7-10-3-5-16(9-17)6-4-11(10)8-14(12)18/h7-9,15,18H,2-6H2,1H3. The minimum Gasteiger partial charge on any atom is -0.507 e. The molecule has 4 nitrogen and oxygen atoms in total.